The third-order valence-corrected chi connectivity index (χ3v) is 3.52. The molecule has 0 aliphatic carbocycles. The van der Waals surface area contributed by atoms with Crippen LogP contribution in [0.25, 0.3) is 0 Å². The second kappa shape index (κ2) is 4.67. The monoisotopic (exact) mass is 236 g/mol. The molecular weight excluding hydrogens is 224 g/mol. The van der Waals surface area contributed by atoms with E-state index in [1.54, 1.807) is 0 Å². The highest BCUT2D eigenvalue weighted by Gasteiger charge is 2.39. The first-order chi connectivity index (χ1) is 7.74. The molecule has 84 valence electrons. The lowest BCUT2D eigenvalue weighted by Crippen LogP contribution is -2.34. The predicted molar refractivity (Wildman–Crippen MR) is 62.9 cm³/mol. The molecule has 1 aliphatic heterocycles. The quantitative estimate of drug-likeness (QED) is 0.861. The van der Waals surface area contributed by atoms with Crippen LogP contribution in [0.2, 0.25) is 0 Å². The maximum atomic E-state index is 11.9. The molecule has 4 nitrogen and oxygen atoms in total. The highest BCUT2D eigenvalue weighted by Crippen LogP contribution is 2.38. The first-order valence-corrected chi connectivity index (χ1v) is 5.89. The summed E-state index contributed by atoms with van der Waals surface area (Å²) in [6.07, 6.45) is 0. The van der Waals surface area contributed by atoms with Crippen molar-refractivity contribution in [2.75, 3.05) is 13.1 Å². The van der Waals surface area contributed by atoms with Crippen molar-refractivity contribution in [2.45, 2.75) is 5.25 Å². The van der Waals surface area contributed by atoms with E-state index in [4.69, 9.17) is 5.73 Å². The molecule has 1 aromatic rings. The average Bonchev–Trinajstić information content (AvgIpc) is 2.59. The number of carbonyl (C=O) groups excluding carboxylic acids is 2. The Morgan fingerprint density at radius 3 is 2.56 bits per heavy atom. The molecule has 1 heterocycles. The van der Waals surface area contributed by atoms with Crippen LogP contribution in [0.15, 0.2) is 30.3 Å². The third kappa shape index (κ3) is 1.96. The van der Waals surface area contributed by atoms with Crippen molar-refractivity contribution in [2.24, 2.45) is 5.73 Å². The number of nitrogens with zero attached hydrogens (tertiary/aromatic N) is 1. The van der Waals surface area contributed by atoms with Gasteiger partial charge in [0.05, 0.1) is 0 Å². The van der Waals surface area contributed by atoms with E-state index in [0.29, 0.717) is 13.1 Å². The number of hydrogen-bond donors (Lipinski definition) is 1. The van der Waals surface area contributed by atoms with E-state index in [1.165, 1.54) is 4.90 Å². The largest absolute Gasteiger partial charge is 0.329 e. The second-order valence-corrected chi connectivity index (χ2v) is 4.51. The molecule has 0 saturated carbocycles. The minimum atomic E-state index is -0.403. The second-order valence-electron chi connectivity index (χ2n) is 3.45. The molecule has 1 saturated heterocycles. The summed E-state index contributed by atoms with van der Waals surface area (Å²) in [6, 6.07) is 9.31. The fourth-order valence-corrected chi connectivity index (χ4v) is 2.65. The van der Waals surface area contributed by atoms with Gasteiger partial charge in [-0.05, 0) is 17.3 Å². The summed E-state index contributed by atoms with van der Waals surface area (Å²) < 4.78 is 0. The number of amides is 2. The Hall–Kier alpha value is -1.33. The lowest BCUT2D eigenvalue weighted by atomic mass is 10.1. The van der Waals surface area contributed by atoms with Crippen molar-refractivity contribution in [3.63, 3.8) is 0 Å². The topological polar surface area (TPSA) is 63.4 Å². The molecule has 1 aromatic carbocycles. The van der Waals surface area contributed by atoms with Crippen LogP contribution in [0.1, 0.15) is 10.8 Å². The Bertz CT molecular complexity index is 408. The molecule has 0 radical (unpaired) electrons. The molecule has 2 rings (SSSR count). The Kier molecular flexibility index (Phi) is 3.26. The van der Waals surface area contributed by atoms with Gasteiger partial charge in [0.1, 0.15) is 5.25 Å². The molecule has 2 amide bonds. The first kappa shape index (κ1) is 11.2. The summed E-state index contributed by atoms with van der Waals surface area (Å²) in [5.74, 6) is -0.161. The zero-order chi connectivity index (χ0) is 11.5. The molecule has 1 fully saturated rings. The van der Waals surface area contributed by atoms with Gasteiger partial charge in [-0.2, -0.15) is 0 Å². The standard InChI is InChI=1S/C11H12N2O2S/c12-6-7-13-10(14)9(16-11(13)15)8-4-2-1-3-5-8/h1-5,9H,6-7,12H2. The fourth-order valence-electron chi connectivity index (χ4n) is 1.62. The SMILES string of the molecule is NCCN1C(=O)SC(c2ccccc2)C1=O. The third-order valence-electron chi connectivity index (χ3n) is 2.38. The van der Waals surface area contributed by atoms with Gasteiger partial charge >= 0.3 is 0 Å². The molecule has 5 heteroatoms. The lowest BCUT2D eigenvalue weighted by Gasteiger charge is -2.11. The van der Waals surface area contributed by atoms with Crippen LogP contribution in [0, 0.1) is 0 Å². The highest BCUT2D eigenvalue weighted by molar-refractivity contribution is 8.14. The van der Waals surface area contributed by atoms with E-state index in [-0.39, 0.29) is 11.1 Å². The molecule has 0 bridgehead atoms. The van der Waals surface area contributed by atoms with Crippen LogP contribution in [-0.4, -0.2) is 29.1 Å². The molecule has 0 spiro atoms. The number of hydrogen-bond acceptors (Lipinski definition) is 4. The van der Waals surface area contributed by atoms with Gasteiger partial charge in [-0.3, -0.25) is 14.5 Å². The summed E-state index contributed by atoms with van der Waals surface area (Å²) in [5.41, 5.74) is 6.23. The minimum Gasteiger partial charge on any atom is -0.329 e. The van der Waals surface area contributed by atoms with Gasteiger partial charge in [0.2, 0.25) is 5.91 Å². The van der Waals surface area contributed by atoms with Crippen molar-refractivity contribution in [1.82, 2.24) is 4.90 Å². The Labute approximate surface area is 97.8 Å². The lowest BCUT2D eigenvalue weighted by molar-refractivity contribution is -0.126. The van der Waals surface area contributed by atoms with Gasteiger partial charge in [-0.25, -0.2) is 0 Å². The first-order valence-electron chi connectivity index (χ1n) is 5.01. The molecular formula is C11H12N2O2S. The molecule has 1 atom stereocenters. The summed E-state index contributed by atoms with van der Waals surface area (Å²) in [7, 11) is 0. The van der Waals surface area contributed by atoms with Gasteiger partial charge in [0, 0.05) is 13.1 Å². The normalized spacial score (nSPS) is 20.6. The summed E-state index contributed by atoms with van der Waals surface area (Å²) >= 11 is 1.06. The Balaban J connectivity index is 2.21. The molecule has 1 unspecified atom stereocenters. The van der Waals surface area contributed by atoms with E-state index >= 15 is 0 Å². The van der Waals surface area contributed by atoms with E-state index in [1.807, 2.05) is 30.3 Å². The van der Waals surface area contributed by atoms with Gasteiger partial charge < -0.3 is 5.73 Å². The smallest absolute Gasteiger partial charge is 0.289 e. The fraction of sp³-hybridized carbons (Fsp3) is 0.273. The summed E-state index contributed by atoms with van der Waals surface area (Å²) in [6.45, 7) is 0.605. The summed E-state index contributed by atoms with van der Waals surface area (Å²) in [4.78, 5) is 24.7. The maximum absolute atomic E-state index is 11.9. The minimum absolute atomic E-state index is 0.161. The zero-order valence-corrected chi connectivity index (χ0v) is 9.44. The number of imide groups is 1. The molecule has 2 N–H and O–H groups in total. The predicted octanol–water partition coefficient (Wildman–Crippen LogP) is 1.38. The molecule has 1 aliphatic rings. The van der Waals surface area contributed by atoms with Gasteiger partial charge in [-0.15, -0.1) is 0 Å². The number of rotatable bonds is 3. The van der Waals surface area contributed by atoms with E-state index in [2.05, 4.69) is 0 Å². The van der Waals surface area contributed by atoms with Crippen LogP contribution in [0.5, 0.6) is 0 Å². The van der Waals surface area contributed by atoms with Crippen molar-refractivity contribution in [3.8, 4) is 0 Å². The Morgan fingerprint density at radius 1 is 1.25 bits per heavy atom. The van der Waals surface area contributed by atoms with Crippen LogP contribution >= 0.6 is 11.8 Å². The maximum Gasteiger partial charge on any atom is 0.289 e. The van der Waals surface area contributed by atoms with Crippen LogP contribution in [0.4, 0.5) is 4.79 Å². The highest BCUT2D eigenvalue weighted by atomic mass is 32.2. The van der Waals surface area contributed by atoms with Gasteiger partial charge in [0.15, 0.2) is 0 Å². The van der Waals surface area contributed by atoms with E-state index in [0.717, 1.165) is 17.3 Å². The number of benzene rings is 1. The number of thioether (sulfide) groups is 1. The Morgan fingerprint density at radius 2 is 1.94 bits per heavy atom. The van der Waals surface area contributed by atoms with Crippen molar-refractivity contribution in [1.29, 1.82) is 0 Å². The average molecular weight is 236 g/mol. The van der Waals surface area contributed by atoms with Crippen LogP contribution in [-0.2, 0) is 4.79 Å². The van der Waals surface area contributed by atoms with E-state index in [9.17, 15) is 9.59 Å². The van der Waals surface area contributed by atoms with Crippen molar-refractivity contribution < 1.29 is 9.59 Å². The van der Waals surface area contributed by atoms with Gasteiger partial charge in [-0.1, -0.05) is 30.3 Å². The number of nitrogens with two attached hydrogens (primary N) is 1. The van der Waals surface area contributed by atoms with Crippen molar-refractivity contribution >= 4 is 22.9 Å². The van der Waals surface area contributed by atoms with Crippen LogP contribution in [0.3, 0.4) is 0 Å². The molecule has 16 heavy (non-hydrogen) atoms. The van der Waals surface area contributed by atoms with Crippen molar-refractivity contribution in [3.05, 3.63) is 35.9 Å². The number of carbonyl (C=O) groups is 2. The summed E-state index contributed by atoms with van der Waals surface area (Å²) in [5, 5.41) is -0.607. The van der Waals surface area contributed by atoms with Crippen LogP contribution < -0.4 is 5.73 Å². The molecule has 0 aromatic heterocycles. The van der Waals surface area contributed by atoms with Gasteiger partial charge in [0.25, 0.3) is 5.24 Å². The van der Waals surface area contributed by atoms with E-state index < -0.39 is 5.25 Å². The zero-order valence-electron chi connectivity index (χ0n) is 8.63.